The van der Waals surface area contributed by atoms with Crippen molar-refractivity contribution in [1.29, 1.82) is 0 Å². The van der Waals surface area contributed by atoms with Gasteiger partial charge in [0.1, 0.15) is 11.6 Å². The van der Waals surface area contributed by atoms with Gasteiger partial charge in [-0.05, 0) is 24.3 Å². The summed E-state index contributed by atoms with van der Waals surface area (Å²) in [6.07, 6.45) is 1.35. The summed E-state index contributed by atoms with van der Waals surface area (Å²) in [6.45, 7) is -0.235. The molecule has 0 aliphatic rings. The summed E-state index contributed by atoms with van der Waals surface area (Å²) in [6, 6.07) is 5.88. The Labute approximate surface area is 123 Å². The minimum absolute atomic E-state index is 0.00463. The van der Waals surface area contributed by atoms with Gasteiger partial charge in [-0.25, -0.2) is 4.68 Å². The number of Topliss-reactive ketones (excluding diaryl/α,β-unsaturated/α-hetero) is 1. The molecule has 0 spiro atoms. The van der Waals surface area contributed by atoms with Crippen LogP contribution in [-0.4, -0.2) is 15.6 Å². The van der Waals surface area contributed by atoms with E-state index in [2.05, 4.69) is 5.10 Å². The lowest BCUT2D eigenvalue weighted by atomic mass is 10.1. The summed E-state index contributed by atoms with van der Waals surface area (Å²) in [7, 11) is 0. The zero-order chi connectivity index (χ0) is 14.0. The maximum absolute atomic E-state index is 12.0. The zero-order valence-electron chi connectivity index (χ0n) is 9.44. The summed E-state index contributed by atoms with van der Waals surface area (Å²) in [5.41, 5.74) is -0.248. The Kier molecular flexibility index (Phi) is 4.24. The lowest BCUT2D eigenvalue weighted by Crippen LogP contribution is -2.26. The van der Waals surface area contributed by atoms with Crippen molar-refractivity contribution in [3.8, 4) is 0 Å². The normalized spacial score (nSPS) is 10.5. The van der Waals surface area contributed by atoms with Crippen LogP contribution in [0.15, 0.2) is 35.3 Å². The summed E-state index contributed by atoms with van der Waals surface area (Å²) in [5, 5.41) is 4.45. The number of hydrogen-bond acceptors (Lipinski definition) is 3. The van der Waals surface area contributed by atoms with Gasteiger partial charge in [-0.3, -0.25) is 9.59 Å². The monoisotopic (exact) mass is 316 g/mol. The molecule has 0 fully saturated rings. The fourth-order valence-corrected chi connectivity index (χ4v) is 2.14. The van der Waals surface area contributed by atoms with Crippen LogP contribution in [0.5, 0.6) is 0 Å². The van der Waals surface area contributed by atoms with Crippen LogP contribution in [0.4, 0.5) is 0 Å². The number of benzene rings is 1. The molecule has 1 aromatic heterocycles. The van der Waals surface area contributed by atoms with E-state index < -0.39 is 5.56 Å². The lowest BCUT2D eigenvalue weighted by Gasteiger charge is -2.06. The van der Waals surface area contributed by atoms with Crippen LogP contribution in [0, 0.1) is 0 Å². The van der Waals surface area contributed by atoms with Gasteiger partial charge in [0.25, 0.3) is 5.56 Å². The van der Waals surface area contributed by atoms with Gasteiger partial charge < -0.3 is 0 Å². The maximum Gasteiger partial charge on any atom is 0.285 e. The Bertz CT molecular complexity index is 698. The smallest absolute Gasteiger partial charge is 0.285 e. The van der Waals surface area contributed by atoms with E-state index in [0.717, 1.165) is 4.68 Å². The third kappa shape index (κ3) is 3.15. The molecule has 0 atom stereocenters. The molecule has 7 heteroatoms. The van der Waals surface area contributed by atoms with Crippen molar-refractivity contribution in [2.24, 2.45) is 0 Å². The Morgan fingerprint density at radius 3 is 2.58 bits per heavy atom. The molecule has 0 aliphatic carbocycles. The number of carbonyl (C=O) groups excluding carboxylic acids is 1. The highest BCUT2D eigenvalue weighted by atomic mass is 35.5. The second-order valence-corrected chi connectivity index (χ2v) is 4.94. The highest BCUT2D eigenvalue weighted by Gasteiger charge is 2.13. The number of nitrogens with zero attached hydrogens (tertiary/aromatic N) is 2. The van der Waals surface area contributed by atoms with Gasteiger partial charge in [-0.2, -0.15) is 5.10 Å². The van der Waals surface area contributed by atoms with Crippen molar-refractivity contribution in [1.82, 2.24) is 9.78 Å². The number of rotatable bonds is 3. The van der Waals surface area contributed by atoms with Crippen LogP contribution < -0.4 is 5.56 Å². The van der Waals surface area contributed by atoms with E-state index in [1.54, 1.807) is 6.07 Å². The van der Waals surface area contributed by atoms with Gasteiger partial charge in [-0.1, -0.05) is 34.8 Å². The Morgan fingerprint density at radius 2 is 1.89 bits per heavy atom. The van der Waals surface area contributed by atoms with Gasteiger partial charge in [-0.15, -0.1) is 0 Å². The molecule has 0 aliphatic heterocycles. The molecule has 0 bridgehead atoms. The summed E-state index contributed by atoms with van der Waals surface area (Å²) >= 11 is 17.3. The van der Waals surface area contributed by atoms with Gasteiger partial charge in [0.15, 0.2) is 5.78 Å². The first-order valence-corrected chi connectivity index (χ1v) is 6.32. The molecule has 0 saturated carbocycles. The molecule has 98 valence electrons. The van der Waals surface area contributed by atoms with Crippen molar-refractivity contribution >= 4 is 40.6 Å². The number of aromatic nitrogens is 2. The molecule has 0 amide bonds. The van der Waals surface area contributed by atoms with Crippen LogP contribution in [0.2, 0.25) is 15.1 Å². The quantitative estimate of drug-likeness (QED) is 0.817. The number of halogens is 3. The third-order valence-corrected chi connectivity index (χ3v) is 3.23. The van der Waals surface area contributed by atoms with Crippen LogP contribution in [-0.2, 0) is 6.54 Å². The number of hydrogen-bond donors (Lipinski definition) is 0. The van der Waals surface area contributed by atoms with Crippen LogP contribution in [0.25, 0.3) is 0 Å². The standard InChI is InChI=1S/C12H7Cl3N2O2/c13-7-1-2-8(10(15)5-7)11(18)6-17-12(19)9(14)3-4-16-17/h1-5H,6H2. The first-order chi connectivity index (χ1) is 8.99. The Morgan fingerprint density at radius 1 is 1.16 bits per heavy atom. The molecule has 0 radical (unpaired) electrons. The van der Waals surface area contributed by atoms with Gasteiger partial charge in [0.2, 0.25) is 0 Å². The van der Waals surface area contributed by atoms with E-state index in [1.807, 2.05) is 0 Å². The topological polar surface area (TPSA) is 52.0 Å². The second-order valence-electron chi connectivity index (χ2n) is 3.69. The van der Waals surface area contributed by atoms with Crippen molar-refractivity contribution in [3.63, 3.8) is 0 Å². The first kappa shape index (κ1) is 14.1. The van der Waals surface area contributed by atoms with Gasteiger partial charge in [0.05, 0.1) is 5.02 Å². The SMILES string of the molecule is O=C(Cn1nccc(Cl)c1=O)c1ccc(Cl)cc1Cl. The second kappa shape index (κ2) is 5.74. The van der Waals surface area contributed by atoms with Gasteiger partial charge >= 0.3 is 0 Å². The predicted molar refractivity (Wildman–Crippen MR) is 74.3 cm³/mol. The van der Waals surface area contributed by atoms with Crippen LogP contribution in [0.3, 0.4) is 0 Å². The van der Waals surface area contributed by atoms with Crippen LogP contribution >= 0.6 is 34.8 Å². The molecule has 2 rings (SSSR count). The van der Waals surface area contributed by atoms with Crippen molar-refractivity contribution in [2.45, 2.75) is 6.54 Å². The molecule has 1 aromatic carbocycles. The average molecular weight is 318 g/mol. The fourth-order valence-electron chi connectivity index (χ4n) is 1.48. The minimum Gasteiger partial charge on any atom is -0.292 e. The Hall–Kier alpha value is -1.36. The molecule has 0 saturated heterocycles. The maximum atomic E-state index is 12.0. The van der Waals surface area contributed by atoms with E-state index >= 15 is 0 Å². The van der Waals surface area contributed by atoms with Crippen molar-refractivity contribution in [2.75, 3.05) is 0 Å². The fraction of sp³-hybridized carbons (Fsp3) is 0.0833. The molecule has 4 nitrogen and oxygen atoms in total. The minimum atomic E-state index is -0.525. The lowest BCUT2D eigenvalue weighted by molar-refractivity contribution is 0.0966. The number of ketones is 1. The van der Waals surface area contributed by atoms with E-state index in [0.29, 0.717) is 5.02 Å². The molecule has 19 heavy (non-hydrogen) atoms. The largest absolute Gasteiger partial charge is 0.292 e. The summed E-state index contributed by atoms with van der Waals surface area (Å²) < 4.78 is 0.982. The highest BCUT2D eigenvalue weighted by Crippen LogP contribution is 2.21. The van der Waals surface area contributed by atoms with Crippen LogP contribution in [0.1, 0.15) is 10.4 Å². The van der Waals surface area contributed by atoms with E-state index in [9.17, 15) is 9.59 Å². The Balaban J connectivity index is 2.31. The average Bonchev–Trinajstić information content (AvgIpc) is 2.34. The third-order valence-electron chi connectivity index (χ3n) is 2.39. The number of carbonyl (C=O) groups is 1. The molecule has 2 aromatic rings. The summed E-state index contributed by atoms with van der Waals surface area (Å²) in [4.78, 5) is 23.7. The van der Waals surface area contributed by atoms with E-state index in [-0.39, 0.29) is 27.9 Å². The van der Waals surface area contributed by atoms with E-state index in [4.69, 9.17) is 34.8 Å². The van der Waals surface area contributed by atoms with E-state index in [1.165, 1.54) is 24.4 Å². The molecule has 0 N–H and O–H groups in total. The van der Waals surface area contributed by atoms with Crippen molar-refractivity contribution in [3.05, 3.63) is 61.4 Å². The predicted octanol–water partition coefficient (Wildman–Crippen LogP) is 3.09. The molecular formula is C12H7Cl3N2O2. The molecule has 1 heterocycles. The molecular weight excluding hydrogens is 311 g/mol. The zero-order valence-corrected chi connectivity index (χ0v) is 11.7. The molecule has 0 unspecified atom stereocenters. The first-order valence-electron chi connectivity index (χ1n) is 5.19. The van der Waals surface area contributed by atoms with Gasteiger partial charge in [0, 0.05) is 16.8 Å². The highest BCUT2D eigenvalue weighted by molar-refractivity contribution is 6.36. The van der Waals surface area contributed by atoms with Crippen molar-refractivity contribution < 1.29 is 4.79 Å². The summed E-state index contributed by atoms with van der Waals surface area (Å²) in [5.74, 6) is -0.349.